The SMILES string of the molecule is CC1(C)c2ccccc2-c2nc(-c3ccc(-n4c5ccccc5c5ccccc54)cc3)nc(-c3ccccn3)c21. The van der Waals surface area contributed by atoms with Crippen LogP contribution >= 0.6 is 0 Å². The van der Waals surface area contributed by atoms with E-state index in [4.69, 9.17) is 15.0 Å². The molecular weight excluding hydrogens is 488 g/mol. The van der Waals surface area contributed by atoms with Crippen LogP contribution in [-0.2, 0) is 5.41 Å². The maximum absolute atomic E-state index is 5.19. The Balaban J connectivity index is 1.32. The normalized spacial score (nSPS) is 13.4. The summed E-state index contributed by atoms with van der Waals surface area (Å²) in [5.41, 5.74) is 10.6. The molecule has 1 aliphatic rings. The van der Waals surface area contributed by atoms with Crippen molar-refractivity contribution in [2.45, 2.75) is 19.3 Å². The third kappa shape index (κ3) is 3.23. The summed E-state index contributed by atoms with van der Waals surface area (Å²) in [7, 11) is 0. The lowest BCUT2D eigenvalue weighted by Crippen LogP contribution is -2.17. The standard InChI is InChI=1S/C36H26N4/c1-36(2)28-14-6-3-13-27(28)33-32(36)34(29-15-9-10-22-37-29)39-35(38-33)23-18-20-24(21-19-23)40-30-16-7-4-11-25(30)26-12-5-8-17-31(26)40/h3-22H,1-2H3. The fraction of sp³-hybridized carbons (Fsp3) is 0.0833. The van der Waals surface area contributed by atoms with Gasteiger partial charge in [0.2, 0.25) is 0 Å². The van der Waals surface area contributed by atoms with E-state index in [0.717, 1.165) is 33.9 Å². The second kappa shape index (κ2) is 8.45. The molecule has 4 heteroatoms. The summed E-state index contributed by atoms with van der Waals surface area (Å²) in [6, 6.07) is 40.4. The Hall–Kier alpha value is -5.09. The van der Waals surface area contributed by atoms with Crippen molar-refractivity contribution in [2.24, 2.45) is 0 Å². The van der Waals surface area contributed by atoms with E-state index in [0.29, 0.717) is 5.82 Å². The van der Waals surface area contributed by atoms with Gasteiger partial charge in [0.25, 0.3) is 0 Å². The third-order valence-electron chi connectivity index (χ3n) is 8.26. The van der Waals surface area contributed by atoms with E-state index in [2.05, 4.69) is 115 Å². The van der Waals surface area contributed by atoms with Crippen LogP contribution in [-0.4, -0.2) is 19.5 Å². The van der Waals surface area contributed by atoms with E-state index >= 15 is 0 Å². The van der Waals surface area contributed by atoms with E-state index < -0.39 is 0 Å². The van der Waals surface area contributed by atoms with Gasteiger partial charge in [-0.1, -0.05) is 80.6 Å². The molecule has 0 fully saturated rings. The molecule has 0 bridgehead atoms. The molecule has 8 rings (SSSR count). The van der Waals surface area contributed by atoms with Gasteiger partial charge in [0, 0.05) is 44.8 Å². The van der Waals surface area contributed by atoms with Crippen molar-refractivity contribution in [3.63, 3.8) is 0 Å². The molecule has 4 aromatic carbocycles. The Bertz CT molecular complexity index is 2020. The highest BCUT2D eigenvalue weighted by Gasteiger charge is 2.40. The van der Waals surface area contributed by atoms with Crippen molar-refractivity contribution in [1.29, 1.82) is 0 Å². The predicted octanol–water partition coefficient (Wildman–Crippen LogP) is 8.61. The molecule has 0 atom stereocenters. The van der Waals surface area contributed by atoms with Crippen molar-refractivity contribution in [1.82, 2.24) is 19.5 Å². The Morgan fingerprint density at radius 2 is 1.23 bits per heavy atom. The number of pyridine rings is 1. The van der Waals surface area contributed by atoms with Gasteiger partial charge in [0.05, 0.1) is 28.1 Å². The average molecular weight is 515 g/mol. The van der Waals surface area contributed by atoms with Crippen LogP contribution in [0.1, 0.15) is 25.0 Å². The Labute approximate surface area is 232 Å². The van der Waals surface area contributed by atoms with Crippen molar-refractivity contribution >= 4 is 21.8 Å². The molecule has 0 aliphatic heterocycles. The molecule has 40 heavy (non-hydrogen) atoms. The van der Waals surface area contributed by atoms with Gasteiger partial charge in [-0.15, -0.1) is 0 Å². The van der Waals surface area contributed by atoms with Crippen molar-refractivity contribution < 1.29 is 0 Å². The molecular formula is C36H26N4. The highest BCUT2D eigenvalue weighted by atomic mass is 15.0. The first-order valence-electron chi connectivity index (χ1n) is 13.6. The summed E-state index contributed by atoms with van der Waals surface area (Å²) in [6.07, 6.45) is 1.83. The summed E-state index contributed by atoms with van der Waals surface area (Å²) in [5, 5.41) is 2.51. The van der Waals surface area contributed by atoms with Crippen LogP contribution in [0.5, 0.6) is 0 Å². The first-order valence-corrected chi connectivity index (χ1v) is 13.6. The van der Waals surface area contributed by atoms with E-state index in [1.165, 1.54) is 32.9 Å². The van der Waals surface area contributed by atoms with Crippen molar-refractivity contribution in [3.8, 4) is 39.7 Å². The summed E-state index contributed by atoms with van der Waals surface area (Å²) in [4.78, 5) is 15.1. The molecule has 0 amide bonds. The van der Waals surface area contributed by atoms with Crippen LogP contribution in [0.25, 0.3) is 61.5 Å². The number of hydrogen-bond acceptors (Lipinski definition) is 3. The van der Waals surface area contributed by atoms with E-state index in [1.54, 1.807) is 0 Å². The molecule has 3 aromatic heterocycles. The Morgan fingerprint density at radius 3 is 1.93 bits per heavy atom. The molecule has 0 unspecified atom stereocenters. The number of para-hydroxylation sites is 2. The lowest BCUT2D eigenvalue weighted by molar-refractivity contribution is 0.657. The molecule has 0 N–H and O–H groups in total. The van der Waals surface area contributed by atoms with Gasteiger partial charge in [0.15, 0.2) is 5.82 Å². The van der Waals surface area contributed by atoms with E-state index in [-0.39, 0.29) is 5.41 Å². The topological polar surface area (TPSA) is 43.6 Å². The summed E-state index contributed by atoms with van der Waals surface area (Å²) >= 11 is 0. The first kappa shape index (κ1) is 22.9. The lowest BCUT2D eigenvalue weighted by atomic mass is 9.81. The molecule has 0 spiro atoms. The average Bonchev–Trinajstić information content (AvgIpc) is 3.47. The highest BCUT2D eigenvalue weighted by Crippen LogP contribution is 2.51. The minimum absolute atomic E-state index is 0.224. The number of nitrogens with zero attached hydrogens (tertiary/aromatic N) is 4. The molecule has 4 nitrogen and oxygen atoms in total. The zero-order valence-corrected chi connectivity index (χ0v) is 22.3. The van der Waals surface area contributed by atoms with Crippen LogP contribution in [0, 0.1) is 0 Å². The minimum atomic E-state index is -0.224. The maximum atomic E-state index is 5.19. The second-order valence-electron chi connectivity index (χ2n) is 10.9. The minimum Gasteiger partial charge on any atom is -0.309 e. The summed E-state index contributed by atoms with van der Waals surface area (Å²) in [6.45, 7) is 4.52. The van der Waals surface area contributed by atoms with E-state index in [1.807, 2.05) is 24.4 Å². The number of hydrogen-bond donors (Lipinski definition) is 0. The fourth-order valence-corrected chi connectivity index (χ4v) is 6.39. The number of rotatable bonds is 3. The molecule has 3 heterocycles. The van der Waals surface area contributed by atoms with Crippen LogP contribution < -0.4 is 0 Å². The van der Waals surface area contributed by atoms with Crippen LogP contribution in [0.2, 0.25) is 0 Å². The monoisotopic (exact) mass is 514 g/mol. The zero-order valence-electron chi connectivity index (χ0n) is 22.3. The van der Waals surface area contributed by atoms with Crippen molar-refractivity contribution in [3.05, 3.63) is 133 Å². The first-order chi connectivity index (χ1) is 19.6. The van der Waals surface area contributed by atoms with Gasteiger partial charge in [-0.05, 0) is 54.1 Å². The number of aromatic nitrogens is 4. The largest absolute Gasteiger partial charge is 0.309 e. The van der Waals surface area contributed by atoms with Crippen LogP contribution in [0.3, 0.4) is 0 Å². The number of benzene rings is 4. The van der Waals surface area contributed by atoms with Crippen molar-refractivity contribution in [2.75, 3.05) is 0 Å². The summed E-state index contributed by atoms with van der Waals surface area (Å²) < 4.78 is 2.33. The zero-order chi connectivity index (χ0) is 26.8. The smallest absolute Gasteiger partial charge is 0.160 e. The Morgan fingerprint density at radius 1 is 0.600 bits per heavy atom. The van der Waals surface area contributed by atoms with Gasteiger partial charge in [-0.2, -0.15) is 0 Å². The molecule has 0 saturated heterocycles. The third-order valence-corrected chi connectivity index (χ3v) is 8.26. The summed E-state index contributed by atoms with van der Waals surface area (Å²) in [5.74, 6) is 0.709. The van der Waals surface area contributed by atoms with Gasteiger partial charge in [-0.25, -0.2) is 9.97 Å². The quantitative estimate of drug-likeness (QED) is 0.237. The van der Waals surface area contributed by atoms with E-state index in [9.17, 15) is 0 Å². The molecule has 0 saturated carbocycles. The number of fused-ring (bicyclic) bond motifs is 6. The van der Waals surface area contributed by atoms with Gasteiger partial charge in [0.1, 0.15) is 0 Å². The molecule has 1 aliphatic carbocycles. The van der Waals surface area contributed by atoms with Gasteiger partial charge in [-0.3, -0.25) is 4.98 Å². The van der Waals surface area contributed by atoms with Gasteiger partial charge >= 0.3 is 0 Å². The Kier molecular flexibility index (Phi) is 4.83. The molecule has 7 aromatic rings. The second-order valence-corrected chi connectivity index (χ2v) is 10.9. The lowest BCUT2D eigenvalue weighted by Gasteiger charge is -2.23. The van der Waals surface area contributed by atoms with Crippen LogP contribution in [0.15, 0.2) is 121 Å². The van der Waals surface area contributed by atoms with Gasteiger partial charge < -0.3 is 4.57 Å². The maximum Gasteiger partial charge on any atom is 0.160 e. The molecule has 0 radical (unpaired) electrons. The highest BCUT2D eigenvalue weighted by molar-refractivity contribution is 6.09. The predicted molar refractivity (Wildman–Crippen MR) is 163 cm³/mol. The molecule has 190 valence electrons. The fourth-order valence-electron chi connectivity index (χ4n) is 6.39. The van der Waals surface area contributed by atoms with Crippen LogP contribution in [0.4, 0.5) is 0 Å².